The van der Waals surface area contributed by atoms with Crippen molar-refractivity contribution in [3.63, 3.8) is 0 Å². The maximum absolute atomic E-state index is 12.1. The third-order valence-corrected chi connectivity index (χ3v) is 15.4. The van der Waals surface area contributed by atoms with E-state index in [2.05, 4.69) is 48.5 Å². The zero-order valence-corrected chi connectivity index (χ0v) is 33.6. The number of aliphatic carboxylic acids is 3. The molecule has 0 aliphatic heterocycles. The predicted octanol–water partition coefficient (Wildman–Crippen LogP) is 11.8. The van der Waals surface area contributed by atoms with E-state index in [0.717, 1.165) is 82.2 Å². The molecule has 0 saturated carbocycles. The molecule has 3 N–H and O–H groups in total. The van der Waals surface area contributed by atoms with E-state index in [4.69, 9.17) is 10.2 Å². The van der Waals surface area contributed by atoms with E-state index in [1.165, 1.54) is 0 Å². The molecule has 5 aromatic heterocycles. The van der Waals surface area contributed by atoms with Gasteiger partial charge in [0.05, 0.1) is 12.8 Å². The van der Waals surface area contributed by atoms with Crippen LogP contribution in [0.1, 0.15) is 42.0 Å². The highest BCUT2D eigenvalue weighted by atomic mass is 32.1. The Bertz CT molecular complexity index is 2330. The summed E-state index contributed by atoms with van der Waals surface area (Å²) in [5.41, 5.74) is 5.66. The molecule has 7 rings (SSSR count). The number of carbonyl (C=O) groups excluding carboxylic acids is 1. The van der Waals surface area contributed by atoms with Gasteiger partial charge in [-0.05, 0) is 102 Å². The lowest BCUT2D eigenvalue weighted by Gasteiger charge is -2.01. The molecular weight excluding hydrogens is 789 g/mol. The van der Waals surface area contributed by atoms with E-state index < -0.39 is 17.9 Å². The Kier molecular flexibility index (Phi) is 11.7. The molecule has 0 radical (unpaired) electrons. The quantitative estimate of drug-likeness (QED) is 0.0885. The molecule has 55 heavy (non-hydrogen) atoms. The maximum atomic E-state index is 12.1. The number of ketones is 1. The molecule has 0 unspecified atom stereocenters. The van der Waals surface area contributed by atoms with Gasteiger partial charge in [0.15, 0.2) is 0 Å². The van der Waals surface area contributed by atoms with Gasteiger partial charge in [-0.2, -0.15) is 0 Å². The Hall–Kier alpha value is -4.98. The first-order valence-corrected chi connectivity index (χ1v) is 21.5. The highest BCUT2D eigenvalue weighted by molar-refractivity contribution is 7.30. The third kappa shape index (κ3) is 9.29. The fourth-order valence-electron chi connectivity index (χ4n) is 6.20. The van der Waals surface area contributed by atoms with E-state index in [1.807, 2.05) is 48.5 Å². The van der Waals surface area contributed by atoms with Gasteiger partial charge in [-0.25, -0.2) is 0 Å². The second-order valence-electron chi connectivity index (χ2n) is 13.1. The molecule has 278 valence electrons. The molecule has 7 aromatic rings. The molecular formula is C43H34O7S5. The van der Waals surface area contributed by atoms with E-state index in [0.29, 0.717) is 19.3 Å². The van der Waals surface area contributed by atoms with Crippen LogP contribution < -0.4 is 0 Å². The summed E-state index contributed by atoms with van der Waals surface area (Å²) in [6, 6.07) is 32.1. The van der Waals surface area contributed by atoms with E-state index in [1.54, 1.807) is 63.6 Å². The van der Waals surface area contributed by atoms with Crippen LogP contribution in [0.3, 0.4) is 0 Å². The van der Waals surface area contributed by atoms with Crippen molar-refractivity contribution in [1.82, 2.24) is 0 Å². The number of hydrogen-bond acceptors (Lipinski definition) is 9. The van der Waals surface area contributed by atoms with Crippen molar-refractivity contribution >= 4 is 80.4 Å². The average Bonchev–Trinajstić information content (AvgIpc) is 3.99. The summed E-state index contributed by atoms with van der Waals surface area (Å²) in [6.45, 7) is 1.62. The van der Waals surface area contributed by atoms with Gasteiger partial charge in [-0.3, -0.25) is 14.4 Å². The van der Waals surface area contributed by atoms with Crippen LogP contribution in [-0.2, 0) is 44.9 Å². The summed E-state index contributed by atoms with van der Waals surface area (Å²) in [5.74, 6) is -2.43. The summed E-state index contributed by atoms with van der Waals surface area (Å²) >= 11 is 8.38. The molecule has 0 aliphatic carbocycles. The first-order valence-electron chi connectivity index (χ1n) is 17.4. The van der Waals surface area contributed by atoms with Crippen molar-refractivity contribution in [2.75, 3.05) is 0 Å². The molecule has 0 amide bonds. The zero-order valence-electron chi connectivity index (χ0n) is 29.5. The van der Waals surface area contributed by atoms with Gasteiger partial charge < -0.3 is 20.1 Å². The summed E-state index contributed by atoms with van der Waals surface area (Å²) in [6.07, 6.45) is 1.49. The highest BCUT2D eigenvalue weighted by Crippen LogP contribution is 2.49. The number of carbonyl (C=O) groups is 4. The molecule has 12 heteroatoms. The lowest BCUT2D eigenvalue weighted by Crippen LogP contribution is -1.99. The minimum absolute atomic E-state index is 0.0105. The smallest absolute Gasteiger partial charge is 0.307 e. The van der Waals surface area contributed by atoms with Crippen LogP contribution in [0, 0.1) is 0 Å². The Morgan fingerprint density at radius 1 is 0.436 bits per heavy atom. The predicted molar refractivity (Wildman–Crippen MR) is 226 cm³/mol. The minimum atomic E-state index is -0.863. The maximum Gasteiger partial charge on any atom is 0.307 e. The molecule has 5 heterocycles. The van der Waals surface area contributed by atoms with Crippen LogP contribution >= 0.6 is 56.7 Å². The number of benzene rings is 2. The number of thiophene rings is 5. The molecule has 0 bridgehead atoms. The van der Waals surface area contributed by atoms with Crippen LogP contribution in [-0.4, -0.2) is 39.0 Å². The van der Waals surface area contributed by atoms with Gasteiger partial charge in [0.1, 0.15) is 5.78 Å². The molecule has 0 aliphatic rings. The Balaban J connectivity index is 1.18. The zero-order chi connectivity index (χ0) is 38.6. The van der Waals surface area contributed by atoms with Crippen LogP contribution in [0.2, 0.25) is 0 Å². The van der Waals surface area contributed by atoms with Gasteiger partial charge >= 0.3 is 17.9 Å². The van der Waals surface area contributed by atoms with Crippen molar-refractivity contribution in [2.45, 2.75) is 45.4 Å². The second-order valence-corrected chi connectivity index (χ2v) is 18.4. The topological polar surface area (TPSA) is 129 Å². The standard InChI is InChI=1S/C43H34O7S5/c1-24(44)2-7-29-22-37(33-15-13-31(51-33)27-8-3-25(4-9-27)20-40(47)48)54-42(29)35-17-18-36(53-35)43-30(12-19-39(45)46)23-38(55-43)34-16-14-32(52-34)28-10-5-26(6-11-28)21-41(49)50/h3-6,8-11,13-18,22-23H,2,7,12,19-21H2,1H3,(H,45,46)(H,47,48)(H,49,50). The summed E-state index contributed by atoms with van der Waals surface area (Å²) < 4.78 is 0. The van der Waals surface area contributed by atoms with Crippen molar-refractivity contribution in [3.8, 4) is 59.9 Å². The molecule has 7 nitrogen and oxygen atoms in total. The number of hydrogen-bond donors (Lipinski definition) is 3. The molecule has 0 atom stereocenters. The fourth-order valence-corrected chi connectivity index (χ4v) is 12.1. The first-order chi connectivity index (χ1) is 26.5. The molecule has 0 saturated heterocycles. The lowest BCUT2D eigenvalue weighted by molar-refractivity contribution is -0.137. The Morgan fingerprint density at radius 3 is 1.22 bits per heavy atom. The van der Waals surface area contributed by atoms with Gasteiger partial charge in [0.2, 0.25) is 0 Å². The van der Waals surface area contributed by atoms with Crippen LogP contribution in [0.15, 0.2) is 97.1 Å². The normalized spacial score (nSPS) is 11.2. The highest BCUT2D eigenvalue weighted by Gasteiger charge is 2.20. The number of carboxylic acid groups (broad SMARTS) is 3. The van der Waals surface area contributed by atoms with Gasteiger partial charge in [-0.15, -0.1) is 56.7 Å². The fraction of sp³-hybridized carbons (Fsp3) is 0.163. The van der Waals surface area contributed by atoms with E-state index >= 15 is 0 Å². The average molecular weight is 823 g/mol. The molecule has 0 fully saturated rings. The Morgan fingerprint density at radius 2 is 0.818 bits per heavy atom. The SMILES string of the molecule is CC(=O)CCc1cc(-c2ccc(-c3ccc(CC(=O)O)cc3)s2)sc1-c1ccc(-c2sc(-c3ccc(-c4ccc(CC(=O)O)cc4)s3)cc2CCC(=O)O)s1. The van der Waals surface area contributed by atoms with Crippen LogP contribution in [0.4, 0.5) is 0 Å². The largest absolute Gasteiger partial charge is 0.481 e. The number of carboxylic acids is 3. The minimum Gasteiger partial charge on any atom is -0.481 e. The lowest BCUT2D eigenvalue weighted by atomic mass is 10.1. The van der Waals surface area contributed by atoms with E-state index in [-0.39, 0.29) is 25.0 Å². The number of aryl methyl sites for hydroxylation is 2. The first kappa shape index (κ1) is 38.3. The third-order valence-electron chi connectivity index (χ3n) is 8.91. The summed E-state index contributed by atoms with van der Waals surface area (Å²) in [5, 5.41) is 27.8. The number of rotatable bonds is 16. The van der Waals surface area contributed by atoms with Crippen molar-refractivity contribution in [2.24, 2.45) is 0 Å². The van der Waals surface area contributed by atoms with Crippen molar-refractivity contribution in [3.05, 3.63) is 119 Å². The van der Waals surface area contributed by atoms with Crippen LogP contribution in [0.25, 0.3) is 59.9 Å². The Labute approximate surface area is 337 Å². The molecule has 2 aromatic carbocycles. The van der Waals surface area contributed by atoms with Crippen molar-refractivity contribution in [1.29, 1.82) is 0 Å². The van der Waals surface area contributed by atoms with Crippen molar-refractivity contribution < 1.29 is 34.5 Å². The van der Waals surface area contributed by atoms with E-state index in [9.17, 15) is 24.3 Å². The van der Waals surface area contributed by atoms with Gasteiger partial charge in [0.25, 0.3) is 0 Å². The van der Waals surface area contributed by atoms with Crippen LogP contribution in [0.5, 0.6) is 0 Å². The van der Waals surface area contributed by atoms with Gasteiger partial charge in [-0.1, -0.05) is 48.5 Å². The molecule has 0 spiro atoms. The monoisotopic (exact) mass is 822 g/mol. The number of Topliss-reactive ketones (excluding diaryl/α,β-unsaturated/α-hetero) is 1. The summed E-state index contributed by atoms with van der Waals surface area (Å²) in [4.78, 5) is 56.8. The summed E-state index contributed by atoms with van der Waals surface area (Å²) in [7, 11) is 0. The second kappa shape index (κ2) is 16.8. The van der Waals surface area contributed by atoms with Gasteiger partial charge in [0, 0.05) is 61.6 Å².